The number of furan rings is 1. The quantitative estimate of drug-likeness (QED) is 0.830. The second-order valence-electron chi connectivity index (χ2n) is 3.76. The highest BCUT2D eigenvalue weighted by molar-refractivity contribution is 5.65. The smallest absolute Gasteiger partial charge is 0.227 e. The molecule has 0 aliphatic rings. The van der Waals surface area contributed by atoms with E-state index in [1.807, 2.05) is 32.0 Å². The van der Waals surface area contributed by atoms with Crippen LogP contribution in [0.3, 0.4) is 0 Å². The zero-order valence-corrected chi connectivity index (χ0v) is 9.56. The third-order valence-electron chi connectivity index (χ3n) is 2.27. The van der Waals surface area contributed by atoms with Crippen molar-refractivity contribution in [2.45, 2.75) is 6.92 Å². The Morgan fingerprint density at radius 3 is 2.62 bits per heavy atom. The van der Waals surface area contributed by atoms with E-state index in [-0.39, 0.29) is 0 Å². The van der Waals surface area contributed by atoms with Crippen LogP contribution in [0.5, 0.6) is 0 Å². The van der Waals surface area contributed by atoms with Gasteiger partial charge in [-0.25, -0.2) is 4.98 Å². The Morgan fingerprint density at radius 1 is 1.31 bits per heavy atom. The summed E-state index contributed by atoms with van der Waals surface area (Å²) in [4.78, 5) is 10.4. The first-order valence-electron chi connectivity index (χ1n) is 4.94. The van der Waals surface area contributed by atoms with Crippen LogP contribution in [0.2, 0.25) is 0 Å². The van der Waals surface area contributed by atoms with Crippen LogP contribution in [-0.4, -0.2) is 24.1 Å². The first-order chi connectivity index (χ1) is 7.58. The van der Waals surface area contributed by atoms with Crippen LogP contribution in [0, 0.1) is 6.92 Å². The number of aromatic nitrogens is 2. The number of nitrogens with zero attached hydrogens (tertiary/aromatic N) is 3. The summed E-state index contributed by atoms with van der Waals surface area (Å²) >= 11 is 0. The Labute approximate surface area is 93.9 Å². The topological polar surface area (TPSA) is 68.2 Å². The Bertz CT molecular complexity index is 504. The van der Waals surface area contributed by atoms with E-state index in [1.165, 1.54) is 0 Å². The van der Waals surface area contributed by atoms with Crippen molar-refractivity contribution < 1.29 is 4.42 Å². The summed E-state index contributed by atoms with van der Waals surface area (Å²) in [5.41, 5.74) is 7.47. The zero-order chi connectivity index (χ0) is 11.7. The number of hydrogen-bond donors (Lipinski definition) is 1. The maximum atomic E-state index is 5.74. The fourth-order valence-electron chi connectivity index (χ4n) is 1.44. The van der Waals surface area contributed by atoms with Gasteiger partial charge in [-0.15, -0.1) is 0 Å². The SMILES string of the molecule is Cc1occc1-c1cc(N)nc(N(C)C)n1. The lowest BCUT2D eigenvalue weighted by molar-refractivity contribution is 0.535. The molecule has 0 aromatic carbocycles. The number of nitrogens with two attached hydrogens (primary N) is 1. The number of nitrogen functional groups attached to an aromatic ring is 1. The minimum absolute atomic E-state index is 0.453. The lowest BCUT2D eigenvalue weighted by Gasteiger charge is -2.11. The van der Waals surface area contributed by atoms with Gasteiger partial charge in [0.2, 0.25) is 5.95 Å². The molecule has 0 radical (unpaired) electrons. The molecule has 0 fully saturated rings. The van der Waals surface area contributed by atoms with Gasteiger partial charge in [0, 0.05) is 25.7 Å². The lowest BCUT2D eigenvalue weighted by Crippen LogP contribution is -2.14. The van der Waals surface area contributed by atoms with Gasteiger partial charge in [0.05, 0.1) is 12.0 Å². The van der Waals surface area contributed by atoms with Crippen molar-refractivity contribution in [1.29, 1.82) is 0 Å². The molecule has 0 amide bonds. The van der Waals surface area contributed by atoms with Crippen LogP contribution in [-0.2, 0) is 0 Å². The minimum atomic E-state index is 0.453. The minimum Gasteiger partial charge on any atom is -0.469 e. The van der Waals surface area contributed by atoms with Crippen molar-refractivity contribution in [3.05, 3.63) is 24.2 Å². The highest BCUT2D eigenvalue weighted by atomic mass is 16.3. The normalized spacial score (nSPS) is 10.4. The third kappa shape index (κ3) is 1.84. The van der Waals surface area contributed by atoms with E-state index < -0.39 is 0 Å². The number of anilines is 2. The Morgan fingerprint density at radius 2 is 2.06 bits per heavy atom. The molecule has 0 atom stereocenters. The van der Waals surface area contributed by atoms with Gasteiger partial charge < -0.3 is 15.1 Å². The predicted molar refractivity (Wildman–Crippen MR) is 63.2 cm³/mol. The molecule has 0 aliphatic heterocycles. The molecule has 2 heterocycles. The molecular formula is C11H14N4O. The Balaban J connectivity index is 2.54. The molecule has 0 bridgehead atoms. The van der Waals surface area contributed by atoms with Gasteiger partial charge in [-0.2, -0.15) is 4.98 Å². The molecule has 0 spiro atoms. The highest BCUT2D eigenvalue weighted by Crippen LogP contribution is 2.24. The summed E-state index contributed by atoms with van der Waals surface area (Å²) < 4.78 is 5.24. The van der Waals surface area contributed by atoms with E-state index in [1.54, 1.807) is 12.3 Å². The highest BCUT2D eigenvalue weighted by Gasteiger charge is 2.10. The molecule has 0 unspecified atom stereocenters. The molecule has 0 aliphatic carbocycles. The molecule has 0 saturated heterocycles. The molecule has 5 heteroatoms. The van der Waals surface area contributed by atoms with E-state index in [4.69, 9.17) is 10.2 Å². The van der Waals surface area contributed by atoms with E-state index >= 15 is 0 Å². The molecule has 16 heavy (non-hydrogen) atoms. The third-order valence-corrected chi connectivity index (χ3v) is 2.27. The molecule has 2 aromatic rings. The maximum absolute atomic E-state index is 5.74. The van der Waals surface area contributed by atoms with Crippen molar-refractivity contribution in [3.63, 3.8) is 0 Å². The molecular weight excluding hydrogens is 204 g/mol. The maximum Gasteiger partial charge on any atom is 0.227 e. The van der Waals surface area contributed by atoms with Gasteiger partial charge in [-0.1, -0.05) is 0 Å². The van der Waals surface area contributed by atoms with Crippen LogP contribution in [0.15, 0.2) is 22.8 Å². The predicted octanol–water partition coefficient (Wildman–Crippen LogP) is 1.69. The molecule has 2 N–H and O–H groups in total. The standard InChI is InChI=1S/C11H14N4O/c1-7-8(4-5-16-7)9-6-10(12)14-11(13-9)15(2)3/h4-6H,1-3H3,(H2,12,13,14). The van der Waals surface area contributed by atoms with Crippen molar-refractivity contribution in [3.8, 4) is 11.3 Å². The molecule has 5 nitrogen and oxygen atoms in total. The van der Waals surface area contributed by atoms with Crippen LogP contribution in [0.1, 0.15) is 5.76 Å². The van der Waals surface area contributed by atoms with Crippen molar-refractivity contribution in [2.75, 3.05) is 24.7 Å². The first-order valence-corrected chi connectivity index (χ1v) is 4.94. The molecule has 2 aromatic heterocycles. The molecule has 2 rings (SSSR count). The van der Waals surface area contributed by atoms with E-state index in [9.17, 15) is 0 Å². The van der Waals surface area contributed by atoms with Crippen molar-refractivity contribution >= 4 is 11.8 Å². The number of aryl methyl sites for hydroxylation is 1. The van der Waals surface area contributed by atoms with E-state index in [2.05, 4.69) is 9.97 Å². The van der Waals surface area contributed by atoms with Gasteiger partial charge in [-0.3, -0.25) is 0 Å². The summed E-state index contributed by atoms with van der Waals surface area (Å²) in [6, 6.07) is 3.61. The Kier molecular flexibility index (Phi) is 2.52. The summed E-state index contributed by atoms with van der Waals surface area (Å²) in [7, 11) is 3.75. The van der Waals surface area contributed by atoms with E-state index in [0.29, 0.717) is 11.8 Å². The molecule has 0 saturated carbocycles. The monoisotopic (exact) mass is 218 g/mol. The van der Waals surface area contributed by atoms with Gasteiger partial charge in [0.15, 0.2) is 0 Å². The van der Waals surface area contributed by atoms with Crippen LogP contribution in [0.25, 0.3) is 11.3 Å². The Hall–Kier alpha value is -2.04. The fraction of sp³-hybridized carbons (Fsp3) is 0.273. The fourth-order valence-corrected chi connectivity index (χ4v) is 1.44. The summed E-state index contributed by atoms with van der Waals surface area (Å²) in [5.74, 6) is 1.87. The van der Waals surface area contributed by atoms with Crippen LogP contribution < -0.4 is 10.6 Å². The summed E-state index contributed by atoms with van der Waals surface area (Å²) in [5, 5.41) is 0. The first kappa shape index (κ1) is 10.5. The van der Waals surface area contributed by atoms with Crippen LogP contribution in [0.4, 0.5) is 11.8 Å². The van der Waals surface area contributed by atoms with Gasteiger partial charge in [0.1, 0.15) is 11.6 Å². The van der Waals surface area contributed by atoms with Crippen molar-refractivity contribution in [1.82, 2.24) is 9.97 Å². The zero-order valence-electron chi connectivity index (χ0n) is 9.56. The summed E-state index contributed by atoms with van der Waals surface area (Å²) in [6.07, 6.45) is 1.64. The second-order valence-corrected chi connectivity index (χ2v) is 3.76. The largest absolute Gasteiger partial charge is 0.469 e. The van der Waals surface area contributed by atoms with Gasteiger partial charge in [-0.05, 0) is 13.0 Å². The average Bonchev–Trinajstić information content (AvgIpc) is 2.63. The van der Waals surface area contributed by atoms with E-state index in [0.717, 1.165) is 17.0 Å². The van der Waals surface area contributed by atoms with Gasteiger partial charge >= 0.3 is 0 Å². The van der Waals surface area contributed by atoms with Crippen molar-refractivity contribution in [2.24, 2.45) is 0 Å². The lowest BCUT2D eigenvalue weighted by atomic mass is 10.2. The average molecular weight is 218 g/mol. The summed E-state index contributed by atoms with van der Waals surface area (Å²) in [6.45, 7) is 1.89. The molecule has 84 valence electrons. The number of hydrogen-bond acceptors (Lipinski definition) is 5. The van der Waals surface area contributed by atoms with Gasteiger partial charge in [0.25, 0.3) is 0 Å². The second kappa shape index (κ2) is 3.84. The number of rotatable bonds is 2. The van der Waals surface area contributed by atoms with Crippen LogP contribution >= 0.6 is 0 Å².